The minimum atomic E-state index is -0.291. The van der Waals surface area contributed by atoms with Crippen molar-refractivity contribution in [3.63, 3.8) is 0 Å². The van der Waals surface area contributed by atoms with E-state index in [1.54, 1.807) is 6.20 Å². The summed E-state index contributed by atoms with van der Waals surface area (Å²) in [4.78, 5) is 19.0. The van der Waals surface area contributed by atoms with Gasteiger partial charge in [0, 0.05) is 6.20 Å². The Labute approximate surface area is 91.6 Å². The minimum Gasteiger partial charge on any atom is -0.468 e. The summed E-state index contributed by atoms with van der Waals surface area (Å²) in [5.41, 5.74) is 3.24. The van der Waals surface area contributed by atoms with Gasteiger partial charge in [-0.3, -0.25) is 10.2 Å². The summed E-state index contributed by atoms with van der Waals surface area (Å²) >= 11 is 1.29. The number of methoxy groups -OCH3 is 1. The average molecular weight is 228 g/mol. The first kappa shape index (κ1) is 11.7. The summed E-state index contributed by atoms with van der Waals surface area (Å²) in [6, 6.07) is 0. The van der Waals surface area contributed by atoms with Gasteiger partial charge in [-0.1, -0.05) is 11.8 Å². The molecule has 0 bridgehead atoms. The lowest BCUT2D eigenvalue weighted by Crippen LogP contribution is -2.11. The number of aromatic nitrogens is 2. The maximum absolute atomic E-state index is 10.9. The van der Waals surface area contributed by atoms with Crippen LogP contribution in [0.3, 0.4) is 0 Å². The third-order valence-corrected chi connectivity index (χ3v) is 2.68. The SMILES string of the molecule is COC(=O)CSc1nc(NN)ncc1C. The second-order valence-electron chi connectivity index (χ2n) is 2.69. The second kappa shape index (κ2) is 5.52. The molecule has 0 spiro atoms. The number of nitrogen functional groups attached to an aromatic ring is 1. The Kier molecular flexibility index (Phi) is 4.32. The summed E-state index contributed by atoms with van der Waals surface area (Å²) in [6.07, 6.45) is 1.64. The van der Waals surface area contributed by atoms with Crippen LogP contribution in [0.15, 0.2) is 11.2 Å². The van der Waals surface area contributed by atoms with Gasteiger partial charge < -0.3 is 4.74 Å². The van der Waals surface area contributed by atoms with E-state index in [-0.39, 0.29) is 11.7 Å². The molecule has 0 saturated heterocycles. The number of nitrogens with one attached hydrogen (secondary N) is 1. The number of thioether (sulfide) groups is 1. The Morgan fingerprint density at radius 2 is 2.47 bits per heavy atom. The number of nitrogens with zero attached hydrogens (tertiary/aromatic N) is 2. The van der Waals surface area contributed by atoms with E-state index in [0.29, 0.717) is 11.0 Å². The maximum atomic E-state index is 10.9. The van der Waals surface area contributed by atoms with Crippen molar-refractivity contribution < 1.29 is 9.53 Å². The number of carbonyl (C=O) groups is 1. The van der Waals surface area contributed by atoms with Gasteiger partial charge in [-0.2, -0.15) is 0 Å². The molecular weight excluding hydrogens is 216 g/mol. The number of ether oxygens (including phenoxy) is 1. The van der Waals surface area contributed by atoms with Crippen LogP contribution in [0.1, 0.15) is 5.56 Å². The minimum absolute atomic E-state index is 0.221. The fourth-order valence-corrected chi connectivity index (χ4v) is 1.63. The molecule has 3 N–H and O–H groups in total. The van der Waals surface area contributed by atoms with Gasteiger partial charge in [0.2, 0.25) is 5.95 Å². The summed E-state index contributed by atoms with van der Waals surface area (Å²) in [5.74, 6) is 5.43. The van der Waals surface area contributed by atoms with Crippen LogP contribution in [0.2, 0.25) is 0 Å². The standard InChI is InChI=1S/C8H12N4O2S/c1-5-3-10-8(12-9)11-7(5)15-4-6(13)14-2/h3H,4,9H2,1-2H3,(H,10,11,12). The van der Waals surface area contributed by atoms with E-state index in [2.05, 4.69) is 20.1 Å². The lowest BCUT2D eigenvalue weighted by molar-refractivity contribution is -0.137. The zero-order chi connectivity index (χ0) is 11.3. The highest BCUT2D eigenvalue weighted by molar-refractivity contribution is 7.99. The lowest BCUT2D eigenvalue weighted by Gasteiger charge is -2.05. The van der Waals surface area contributed by atoms with Gasteiger partial charge in [0.05, 0.1) is 12.9 Å². The molecule has 1 aromatic rings. The number of hydrogen-bond donors (Lipinski definition) is 2. The van der Waals surface area contributed by atoms with E-state index < -0.39 is 0 Å². The Hall–Kier alpha value is -1.34. The van der Waals surface area contributed by atoms with Gasteiger partial charge in [-0.05, 0) is 12.5 Å². The molecule has 0 amide bonds. The van der Waals surface area contributed by atoms with Crippen molar-refractivity contribution in [1.82, 2.24) is 9.97 Å². The van der Waals surface area contributed by atoms with Crippen molar-refractivity contribution >= 4 is 23.7 Å². The zero-order valence-corrected chi connectivity index (χ0v) is 9.30. The van der Waals surface area contributed by atoms with Gasteiger partial charge >= 0.3 is 5.97 Å². The third-order valence-electron chi connectivity index (χ3n) is 1.61. The molecular formula is C8H12N4O2S. The molecule has 15 heavy (non-hydrogen) atoms. The van der Waals surface area contributed by atoms with E-state index in [0.717, 1.165) is 5.56 Å². The van der Waals surface area contributed by atoms with Crippen molar-refractivity contribution in [3.05, 3.63) is 11.8 Å². The van der Waals surface area contributed by atoms with Crippen LogP contribution in [-0.4, -0.2) is 28.8 Å². The Bertz CT molecular complexity index is 358. The quantitative estimate of drug-likeness (QED) is 0.252. The van der Waals surface area contributed by atoms with Crippen molar-refractivity contribution in [2.45, 2.75) is 11.9 Å². The molecule has 0 fully saturated rings. The fourth-order valence-electron chi connectivity index (χ4n) is 0.828. The van der Waals surface area contributed by atoms with E-state index >= 15 is 0 Å². The number of anilines is 1. The number of hydrogen-bond acceptors (Lipinski definition) is 7. The van der Waals surface area contributed by atoms with Crippen molar-refractivity contribution in [1.29, 1.82) is 0 Å². The highest BCUT2D eigenvalue weighted by Gasteiger charge is 2.07. The van der Waals surface area contributed by atoms with E-state index in [9.17, 15) is 4.79 Å². The van der Waals surface area contributed by atoms with Crippen LogP contribution in [0, 0.1) is 6.92 Å². The fraction of sp³-hybridized carbons (Fsp3) is 0.375. The van der Waals surface area contributed by atoms with Crippen molar-refractivity contribution in [3.8, 4) is 0 Å². The van der Waals surface area contributed by atoms with Gasteiger partial charge in [0.15, 0.2) is 0 Å². The van der Waals surface area contributed by atoms with Crippen molar-refractivity contribution in [2.24, 2.45) is 5.84 Å². The molecule has 6 nitrogen and oxygen atoms in total. The van der Waals surface area contributed by atoms with Crippen molar-refractivity contribution in [2.75, 3.05) is 18.3 Å². The summed E-state index contributed by atoms with van der Waals surface area (Å²) < 4.78 is 4.52. The molecule has 0 aliphatic carbocycles. The largest absolute Gasteiger partial charge is 0.468 e. The number of carbonyl (C=O) groups excluding carboxylic acids is 1. The molecule has 1 aromatic heterocycles. The summed E-state index contributed by atoms with van der Waals surface area (Å²) in [6.45, 7) is 1.86. The molecule has 0 saturated carbocycles. The normalized spacial score (nSPS) is 9.80. The molecule has 1 heterocycles. The van der Waals surface area contributed by atoms with Crippen LogP contribution in [-0.2, 0) is 9.53 Å². The van der Waals surface area contributed by atoms with Gasteiger partial charge in [0.25, 0.3) is 0 Å². The third kappa shape index (κ3) is 3.37. The molecule has 0 aliphatic heterocycles. The van der Waals surface area contributed by atoms with Crippen LogP contribution in [0.25, 0.3) is 0 Å². The van der Waals surface area contributed by atoms with Gasteiger partial charge in [-0.25, -0.2) is 15.8 Å². The second-order valence-corrected chi connectivity index (χ2v) is 3.65. The number of aryl methyl sites for hydroxylation is 1. The Balaban J connectivity index is 2.70. The molecule has 82 valence electrons. The summed E-state index contributed by atoms with van der Waals surface area (Å²) in [5, 5.41) is 0.711. The Morgan fingerprint density at radius 3 is 3.07 bits per heavy atom. The topological polar surface area (TPSA) is 90.1 Å². The predicted octanol–water partition coefficient (Wildman–Crippen LogP) is 0.336. The molecule has 7 heteroatoms. The maximum Gasteiger partial charge on any atom is 0.316 e. The predicted molar refractivity (Wildman–Crippen MR) is 57.3 cm³/mol. The number of nitrogens with two attached hydrogens (primary N) is 1. The van der Waals surface area contributed by atoms with E-state index in [4.69, 9.17) is 5.84 Å². The number of hydrazine groups is 1. The highest BCUT2D eigenvalue weighted by atomic mass is 32.2. The van der Waals surface area contributed by atoms with Crippen LogP contribution in [0.4, 0.5) is 5.95 Å². The van der Waals surface area contributed by atoms with Gasteiger partial charge in [-0.15, -0.1) is 0 Å². The first-order valence-corrected chi connectivity index (χ1v) is 5.15. The lowest BCUT2D eigenvalue weighted by atomic mass is 10.4. The summed E-state index contributed by atoms with van der Waals surface area (Å²) in [7, 11) is 1.35. The molecule has 1 rings (SSSR count). The van der Waals surface area contributed by atoms with E-state index in [1.165, 1.54) is 18.9 Å². The zero-order valence-electron chi connectivity index (χ0n) is 8.48. The smallest absolute Gasteiger partial charge is 0.316 e. The first-order chi connectivity index (χ1) is 7.17. The number of rotatable bonds is 4. The monoisotopic (exact) mass is 228 g/mol. The van der Waals surface area contributed by atoms with Crippen LogP contribution >= 0.6 is 11.8 Å². The van der Waals surface area contributed by atoms with Crippen LogP contribution < -0.4 is 11.3 Å². The molecule has 0 atom stereocenters. The Morgan fingerprint density at radius 1 is 1.73 bits per heavy atom. The molecule has 0 unspecified atom stereocenters. The van der Waals surface area contributed by atoms with E-state index in [1.807, 2.05) is 6.92 Å². The van der Waals surface area contributed by atoms with Crippen LogP contribution in [0.5, 0.6) is 0 Å². The van der Waals surface area contributed by atoms with Gasteiger partial charge in [0.1, 0.15) is 5.03 Å². The first-order valence-electron chi connectivity index (χ1n) is 4.17. The molecule has 0 radical (unpaired) electrons. The number of esters is 1. The molecule has 0 aromatic carbocycles. The average Bonchev–Trinajstić information content (AvgIpc) is 2.27. The molecule has 0 aliphatic rings. The highest BCUT2D eigenvalue weighted by Crippen LogP contribution is 2.20.